The van der Waals surface area contributed by atoms with Crippen LogP contribution in [0.3, 0.4) is 0 Å². The molecule has 218 valence electrons. The van der Waals surface area contributed by atoms with E-state index in [2.05, 4.69) is 15.9 Å². The zero-order valence-electron chi connectivity index (χ0n) is 25.8. The van der Waals surface area contributed by atoms with Crippen molar-refractivity contribution in [2.45, 2.75) is 50.5 Å². The fraction of sp³-hybridized carbons (Fsp3) is 0.333. The van der Waals surface area contributed by atoms with Crippen molar-refractivity contribution in [2.75, 3.05) is 0 Å². The van der Waals surface area contributed by atoms with Gasteiger partial charge in [-0.25, -0.2) is 0 Å². The molecule has 3 aromatic rings. The zero-order valence-corrected chi connectivity index (χ0v) is 38.0. The first-order chi connectivity index (χ1) is 18.5. The largest absolute Gasteiger partial charge is 1.00 e. The Hall–Kier alpha value is 2.45. The van der Waals surface area contributed by atoms with Gasteiger partial charge in [0.15, 0.2) is 0 Å². The average Bonchev–Trinajstić information content (AvgIpc) is 2.83. The van der Waals surface area contributed by atoms with E-state index in [0.717, 1.165) is 11.6 Å². The Balaban J connectivity index is 0. The quantitative estimate of drug-likeness (QED) is 0.131. The van der Waals surface area contributed by atoms with Gasteiger partial charge in [0.05, 0.1) is 6.10 Å². The van der Waals surface area contributed by atoms with Crippen molar-refractivity contribution in [3.8, 4) is 16.9 Å². The molecule has 0 saturated carbocycles. The number of ether oxygens (including phenoxy) is 1. The van der Waals surface area contributed by atoms with Gasteiger partial charge < -0.3 is 33.4 Å². The van der Waals surface area contributed by atoms with Crippen LogP contribution in [0, 0.1) is 5.92 Å². The van der Waals surface area contributed by atoms with Crippen LogP contribution in [0.25, 0.3) is 11.1 Å². The first-order valence-corrected chi connectivity index (χ1v) is 17.2. The van der Waals surface area contributed by atoms with E-state index in [9.17, 15) is 37.5 Å². The summed E-state index contributed by atoms with van der Waals surface area (Å²) in [5.41, 5.74) is -2.57. The Morgan fingerprint density at radius 1 is 0.818 bits per heavy atom. The molecular weight excluding hydrogens is 740 g/mol. The predicted molar refractivity (Wildman–Crippen MR) is 149 cm³/mol. The van der Waals surface area contributed by atoms with Crippen LogP contribution in [0.1, 0.15) is 43.9 Å². The van der Waals surface area contributed by atoms with Crippen LogP contribution in [-0.2, 0) is 26.3 Å². The van der Waals surface area contributed by atoms with Crippen molar-refractivity contribution in [1.82, 2.24) is 0 Å². The van der Waals surface area contributed by atoms with Crippen LogP contribution < -0.4 is 148 Å². The molecule has 0 bridgehead atoms. The van der Waals surface area contributed by atoms with Crippen molar-refractivity contribution in [1.29, 1.82) is 0 Å². The van der Waals surface area contributed by atoms with Crippen LogP contribution in [0.2, 0.25) is 0 Å². The molecule has 0 aliphatic rings. The van der Waals surface area contributed by atoms with E-state index in [0.29, 0.717) is 40.5 Å². The molecule has 44 heavy (non-hydrogen) atoms. The fourth-order valence-corrected chi connectivity index (χ4v) is 7.02. The summed E-state index contributed by atoms with van der Waals surface area (Å²) in [6.07, 6.45) is 0.440. The Kier molecular flexibility index (Phi) is 23.1. The van der Waals surface area contributed by atoms with E-state index in [1.54, 1.807) is 18.2 Å². The molecule has 0 aliphatic heterocycles. The Morgan fingerprint density at radius 2 is 1.34 bits per heavy atom. The number of alkyl halides is 2. The maximum Gasteiger partial charge on any atom is 1.00 e. The molecule has 1 atom stereocenters. The SMILES string of the molecule is CC(C)CC(C)Oc1ccc(-c2ccc(CSCc3ccc(C(F)(F)P(=O)([O-])[O-])c(Br)c3)cc2)cc1P(=O)([O-])[O-].[Na+].[Na+].[Na+].[Na+]. The van der Waals surface area contributed by atoms with Crippen LogP contribution in [0.15, 0.2) is 65.1 Å². The Bertz CT molecular complexity index is 1440. The molecule has 0 fully saturated rings. The number of hydrogen-bond acceptors (Lipinski definition) is 8. The van der Waals surface area contributed by atoms with Gasteiger partial charge >= 0.3 is 118 Å². The fourth-order valence-electron chi connectivity index (χ4n) is 4.06. The third kappa shape index (κ3) is 14.0. The molecule has 0 aromatic heterocycles. The molecule has 1 unspecified atom stereocenters. The summed E-state index contributed by atoms with van der Waals surface area (Å²) in [6, 6.07) is 15.5. The summed E-state index contributed by atoms with van der Waals surface area (Å²) >= 11 is 4.42. The van der Waals surface area contributed by atoms with Gasteiger partial charge in [0.1, 0.15) is 5.75 Å². The summed E-state index contributed by atoms with van der Waals surface area (Å²) in [4.78, 5) is 45.8. The van der Waals surface area contributed by atoms with Crippen molar-refractivity contribution >= 4 is 48.2 Å². The van der Waals surface area contributed by atoms with Crippen LogP contribution in [0.4, 0.5) is 8.78 Å². The molecule has 0 N–H and O–H groups in total. The van der Waals surface area contributed by atoms with E-state index >= 15 is 0 Å². The van der Waals surface area contributed by atoms with E-state index in [1.165, 1.54) is 36.0 Å². The molecule has 0 heterocycles. The van der Waals surface area contributed by atoms with Crippen LogP contribution >= 0.6 is 42.9 Å². The summed E-state index contributed by atoms with van der Waals surface area (Å²) < 4.78 is 56.3. The summed E-state index contributed by atoms with van der Waals surface area (Å²) in [5, 5.41) is -0.386. The van der Waals surface area contributed by atoms with Gasteiger partial charge in [0, 0.05) is 34.4 Å². The molecule has 0 amide bonds. The first-order valence-electron chi connectivity index (χ1n) is 12.2. The van der Waals surface area contributed by atoms with Crippen molar-refractivity contribution in [3.05, 3.63) is 81.8 Å². The molecular formula is C27H27BrF2Na4O7P2S. The number of halogens is 3. The molecule has 0 spiro atoms. The number of benzene rings is 3. The minimum absolute atomic E-state index is 0. The standard InChI is InChI=1S/C27H31BrF2O7P2S.4Na/c1-17(2)12-18(3)37-25-11-9-22(14-26(25)38(31,32)33)21-7-4-19(5-8-21)15-40-16-20-6-10-23(24(28)13-20)27(29,30)39(34,35)36;;;;/h4-11,13-14,17-18H,12,15-16H2,1-3H3,(H2,31,32,33)(H2,34,35,36);;;;/q;4*+1/p-4. The Morgan fingerprint density at radius 3 is 1.84 bits per heavy atom. The second-order valence-electron chi connectivity index (χ2n) is 9.78. The van der Waals surface area contributed by atoms with E-state index < -0.39 is 26.4 Å². The van der Waals surface area contributed by atoms with Crippen LogP contribution in [-0.4, -0.2) is 6.10 Å². The van der Waals surface area contributed by atoms with Gasteiger partial charge in [-0.15, -0.1) is 0 Å². The smallest absolute Gasteiger partial charge is 0.807 e. The molecule has 3 rings (SSSR count). The van der Waals surface area contributed by atoms with Gasteiger partial charge in [0.2, 0.25) is 0 Å². The number of thioether (sulfide) groups is 1. The molecule has 7 nitrogen and oxygen atoms in total. The van der Waals surface area contributed by atoms with Crippen molar-refractivity contribution in [2.24, 2.45) is 5.92 Å². The van der Waals surface area contributed by atoms with Crippen molar-refractivity contribution < 1.29 is 160 Å². The summed E-state index contributed by atoms with van der Waals surface area (Å²) in [7, 11) is -11.3. The monoisotopic (exact) mass is 766 g/mol. The molecule has 0 saturated heterocycles. The van der Waals surface area contributed by atoms with Crippen molar-refractivity contribution in [3.63, 3.8) is 0 Å². The average molecular weight is 767 g/mol. The topological polar surface area (TPSA) is 136 Å². The molecule has 0 radical (unpaired) electrons. The number of hydrogen-bond donors (Lipinski definition) is 0. The number of rotatable bonds is 12. The van der Waals surface area contributed by atoms with E-state index in [1.807, 2.05) is 32.9 Å². The minimum Gasteiger partial charge on any atom is -0.807 e. The third-order valence-corrected chi connectivity index (χ3v) is 9.51. The normalized spacial score (nSPS) is 12.2. The van der Waals surface area contributed by atoms with Gasteiger partial charge in [-0.05, 0) is 67.3 Å². The summed E-state index contributed by atoms with van der Waals surface area (Å²) in [5.74, 6) is 1.37. The Labute approximate surface area is 358 Å². The third-order valence-electron chi connectivity index (χ3n) is 5.91. The molecule has 3 aromatic carbocycles. The van der Waals surface area contributed by atoms with E-state index in [-0.39, 0.29) is 140 Å². The first kappa shape index (κ1) is 48.6. The summed E-state index contributed by atoms with van der Waals surface area (Å²) in [6.45, 7) is 5.86. The van der Waals surface area contributed by atoms with Gasteiger partial charge in [-0.1, -0.05) is 72.2 Å². The van der Waals surface area contributed by atoms with Gasteiger partial charge in [-0.3, -0.25) is 0 Å². The second-order valence-corrected chi connectivity index (χ2v) is 14.7. The minimum atomic E-state index is -6.16. The van der Waals surface area contributed by atoms with Gasteiger partial charge in [-0.2, -0.15) is 20.5 Å². The van der Waals surface area contributed by atoms with Crippen LogP contribution in [0.5, 0.6) is 5.75 Å². The maximum absolute atomic E-state index is 13.9. The van der Waals surface area contributed by atoms with E-state index in [4.69, 9.17) is 4.74 Å². The zero-order chi connectivity index (χ0) is 29.9. The van der Waals surface area contributed by atoms with Gasteiger partial charge in [0.25, 0.3) is 5.66 Å². The maximum atomic E-state index is 13.9. The molecule has 17 heteroatoms. The predicted octanol–water partition coefficient (Wildman–Crippen LogP) is -7.12. The second kappa shape index (κ2) is 21.0. The molecule has 0 aliphatic carbocycles.